The van der Waals surface area contributed by atoms with E-state index in [4.69, 9.17) is 11.6 Å². The quantitative estimate of drug-likeness (QED) is 0.854. The molecule has 2 aromatic rings. The molecule has 1 fully saturated rings. The molecule has 0 atom stereocenters. The number of piperazine rings is 1. The van der Waals surface area contributed by atoms with Gasteiger partial charge in [0.05, 0.1) is 10.7 Å². The molecule has 1 aliphatic rings. The van der Waals surface area contributed by atoms with E-state index in [2.05, 4.69) is 9.88 Å². The van der Waals surface area contributed by atoms with Crippen LogP contribution in [0.4, 0.5) is 10.1 Å². The summed E-state index contributed by atoms with van der Waals surface area (Å²) < 4.78 is 13.1. The van der Waals surface area contributed by atoms with Gasteiger partial charge in [0.25, 0.3) is 5.91 Å². The van der Waals surface area contributed by atoms with Crippen LogP contribution in [0.1, 0.15) is 10.4 Å². The third kappa shape index (κ3) is 3.04. The number of hydrogen-bond donors (Lipinski definition) is 0. The highest BCUT2D eigenvalue weighted by atomic mass is 35.5. The summed E-state index contributed by atoms with van der Waals surface area (Å²) in [6.07, 6.45) is 3.23. The molecule has 3 rings (SSSR count). The molecule has 0 radical (unpaired) electrons. The number of halogens is 2. The second kappa shape index (κ2) is 6.32. The van der Waals surface area contributed by atoms with Gasteiger partial charge < -0.3 is 9.80 Å². The van der Waals surface area contributed by atoms with Crippen molar-refractivity contribution in [1.29, 1.82) is 0 Å². The highest BCUT2D eigenvalue weighted by molar-refractivity contribution is 6.33. The lowest BCUT2D eigenvalue weighted by molar-refractivity contribution is 0.0746. The molecular formula is C16H15ClFN3O. The monoisotopic (exact) mass is 319 g/mol. The van der Waals surface area contributed by atoms with Gasteiger partial charge in [-0.2, -0.15) is 0 Å². The molecule has 0 aliphatic carbocycles. The van der Waals surface area contributed by atoms with Gasteiger partial charge in [-0.25, -0.2) is 4.39 Å². The predicted octanol–water partition coefficient (Wildman–Crippen LogP) is 2.84. The van der Waals surface area contributed by atoms with Crippen LogP contribution in [0.2, 0.25) is 5.02 Å². The van der Waals surface area contributed by atoms with E-state index >= 15 is 0 Å². The van der Waals surface area contributed by atoms with Gasteiger partial charge in [-0.05, 0) is 30.3 Å². The average Bonchev–Trinajstić information content (AvgIpc) is 2.55. The van der Waals surface area contributed by atoms with E-state index < -0.39 is 0 Å². The van der Waals surface area contributed by atoms with Crippen LogP contribution in [0.3, 0.4) is 0 Å². The van der Waals surface area contributed by atoms with Crippen molar-refractivity contribution >= 4 is 23.2 Å². The van der Waals surface area contributed by atoms with Gasteiger partial charge in [0, 0.05) is 44.1 Å². The minimum absolute atomic E-state index is 0.00672. The number of anilines is 1. The van der Waals surface area contributed by atoms with Crippen molar-refractivity contribution in [3.05, 3.63) is 59.1 Å². The van der Waals surface area contributed by atoms with E-state index in [1.807, 2.05) is 4.90 Å². The zero-order valence-corrected chi connectivity index (χ0v) is 12.6. The summed E-state index contributed by atoms with van der Waals surface area (Å²) >= 11 is 6.09. The summed E-state index contributed by atoms with van der Waals surface area (Å²) in [6.45, 7) is 2.55. The Morgan fingerprint density at radius 3 is 2.41 bits per heavy atom. The molecule has 0 saturated carbocycles. The smallest absolute Gasteiger partial charge is 0.254 e. The maximum atomic E-state index is 13.1. The van der Waals surface area contributed by atoms with Crippen molar-refractivity contribution < 1.29 is 9.18 Å². The summed E-state index contributed by atoms with van der Waals surface area (Å²) in [6, 6.07) is 7.82. The molecule has 6 heteroatoms. The van der Waals surface area contributed by atoms with Gasteiger partial charge in [0.2, 0.25) is 0 Å². The van der Waals surface area contributed by atoms with Crippen LogP contribution < -0.4 is 4.90 Å². The number of pyridine rings is 1. The molecule has 2 heterocycles. The first-order chi connectivity index (χ1) is 10.6. The summed E-state index contributed by atoms with van der Waals surface area (Å²) in [7, 11) is 0. The van der Waals surface area contributed by atoms with E-state index in [-0.39, 0.29) is 11.7 Å². The molecular weight excluding hydrogens is 305 g/mol. The summed E-state index contributed by atoms with van der Waals surface area (Å²) in [5, 5.41) is 0.397. The first-order valence-corrected chi connectivity index (χ1v) is 7.42. The first kappa shape index (κ1) is 14.8. The molecule has 1 saturated heterocycles. The van der Waals surface area contributed by atoms with Crippen molar-refractivity contribution in [2.45, 2.75) is 0 Å². The van der Waals surface area contributed by atoms with Gasteiger partial charge in [-0.3, -0.25) is 9.78 Å². The average molecular weight is 320 g/mol. The highest BCUT2D eigenvalue weighted by Crippen LogP contribution is 2.27. The minimum Gasteiger partial charge on any atom is -0.367 e. The van der Waals surface area contributed by atoms with Crippen LogP contribution in [-0.2, 0) is 0 Å². The number of carbonyl (C=O) groups excluding carboxylic acids is 1. The lowest BCUT2D eigenvalue weighted by Crippen LogP contribution is -2.48. The Hall–Kier alpha value is -2.14. The highest BCUT2D eigenvalue weighted by Gasteiger charge is 2.23. The molecule has 1 aromatic carbocycles. The standard InChI is InChI=1S/C16H15ClFN3O/c17-14-11-13(18)1-2-15(14)20-7-9-21(10-8-20)16(22)12-3-5-19-6-4-12/h1-6,11H,7-10H2. The molecule has 22 heavy (non-hydrogen) atoms. The van der Waals surface area contributed by atoms with Crippen molar-refractivity contribution in [3.63, 3.8) is 0 Å². The number of nitrogens with zero attached hydrogens (tertiary/aromatic N) is 3. The fourth-order valence-corrected chi connectivity index (χ4v) is 2.85. The number of rotatable bonds is 2. The van der Waals surface area contributed by atoms with Gasteiger partial charge in [-0.15, -0.1) is 0 Å². The van der Waals surface area contributed by atoms with Crippen molar-refractivity contribution in [2.75, 3.05) is 31.1 Å². The Kier molecular flexibility index (Phi) is 4.24. The zero-order valence-electron chi connectivity index (χ0n) is 11.9. The molecule has 1 aromatic heterocycles. The summed E-state index contributed by atoms with van der Waals surface area (Å²) in [5.41, 5.74) is 1.45. The maximum absolute atomic E-state index is 13.1. The Bertz CT molecular complexity index is 672. The van der Waals surface area contributed by atoms with E-state index in [1.165, 1.54) is 12.1 Å². The van der Waals surface area contributed by atoms with Crippen LogP contribution >= 0.6 is 11.6 Å². The summed E-state index contributed by atoms with van der Waals surface area (Å²) in [4.78, 5) is 20.2. The van der Waals surface area contributed by atoms with Crippen molar-refractivity contribution in [2.24, 2.45) is 0 Å². The van der Waals surface area contributed by atoms with Crippen molar-refractivity contribution in [3.8, 4) is 0 Å². The number of amides is 1. The zero-order chi connectivity index (χ0) is 15.5. The summed E-state index contributed by atoms with van der Waals surface area (Å²) in [5.74, 6) is -0.340. The molecule has 0 unspecified atom stereocenters. The topological polar surface area (TPSA) is 36.4 Å². The van der Waals surface area contributed by atoms with Gasteiger partial charge in [0.15, 0.2) is 0 Å². The van der Waals surface area contributed by atoms with Gasteiger partial charge >= 0.3 is 0 Å². The number of aromatic nitrogens is 1. The largest absolute Gasteiger partial charge is 0.367 e. The fourth-order valence-electron chi connectivity index (χ4n) is 2.57. The number of hydrogen-bond acceptors (Lipinski definition) is 3. The van der Waals surface area contributed by atoms with Crippen LogP contribution in [0.25, 0.3) is 0 Å². The van der Waals surface area contributed by atoms with Gasteiger partial charge in [-0.1, -0.05) is 11.6 Å². The second-order valence-electron chi connectivity index (χ2n) is 5.11. The van der Waals surface area contributed by atoms with Crippen LogP contribution in [0, 0.1) is 5.82 Å². The lowest BCUT2D eigenvalue weighted by Gasteiger charge is -2.36. The molecule has 0 spiro atoms. The first-order valence-electron chi connectivity index (χ1n) is 7.04. The van der Waals surface area contributed by atoms with E-state index in [0.29, 0.717) is 36.8 Å². The van der Waals surface area contributed by atoms with Gasteiger partial charge in [0.1, 0.15) is 5.82 Å². The Balaban J connectivity index is 1.66. The maximum Gasteiger partial charge on any atom is 0.254 e. The van der Waals surface area contributed by atoms with E-state index in [0.717, 1.165) is 5.69 Å². The Labute approximate surface area is 133 Å². The normalized spacial score (nSPS) is 15.0. The van der Waals surface area contributed by atoms with Crippen LogP contribution in [0.15, 0.2) is 42.7 Å². The third-order valence-electron chi connectivity index (χ3n) is 3.74. The Morgan fingerprint density at radius 2 is 1.77 bits per heavy atom. The molecule has 0 N–H and O–H groups in total. The molecule has 1 aliphatic heterocycles. The minimum atomic E-state index is -0.347. The van der Waals surface area contributed by atoms with Crippen LogP contribution in [0.5, 0.6) is 0 Å². The molecule has 1 amide bonds. The third-order valence-corrected chi connectivity index (χ3v) is 4.05. The van der Waals surface area contributed by atoms with Crippen molar-refractivity contribution in [1.82, 2.24) is 9.88 Å². The fraction of sp³-hybridized carbons (Fsp3) is 0.250. The van der Waals surface area contributed by atoms with Crippen LogP contribution in [-0.4, -0.2) is 42.0 Å². The Morgan fingerprint density at radius 1 is 1.09 bits per heavy atom. The van der Waals surface area contributed by atoms with E-state index in [1.54, 1.807) is 30.6 Å². The number of benzene rings is 1. The molecule has 4 nitrogen and oxygen atoms in total. The molecule has 0 bridgehead atoms. The number of carbonyl (C=O) groups is 1. The molecule has 114 valence electrons. The van der Waals surface area contributed by atoms with E-state index in [9.17, 15) is 9.18 Å². The second-order valence-corrected chi connectivity index (χ2v) is 5.52. The predicted molar refractivity (Wildman–Crippen MR) is 83.8 cm³/mol. The SMILES string of the molecule is O=C(c1ccncc1)N1CCN(c2ccc(F)cc2Cl)CC1. The lowest BCUT2D eigenvalue weighted by atomic mass is 10.2.